The number of rotatable bonds is 7. The first-order valence-electron chi connectivity index (χ1n) is 8.40. The van der Waals surface area contributed by atoms with Crippen LogP contribution in [-0.4, -0.2) is 37.9 Å². The number of benzene rings is 2. The second-order valence-electron chi connectivity index (χ2n) is 5.92. The van der Waals surface area contributed by atoms with Crippen LogP contribution < -0.4 is 4.74 Å². The molecule has 0 atom stereocenters. The SMILES string of the molecule is CCN(C)/C=N/c1ccc(C(=O)OCc2ccc(Cl)cc2F)c(C)c1OC. The molecule has 2 aromatic rings. The van der Waals surface area contributed by atoms with Crippen molar-refractivity contribution in [1.29, 1.82) is 0 Å². The van der Waals surface area contributed by atoms with E-state index in [4.69, 9.17) is 21.1 Å². The Morgan fingerprint density at radius 3 is 2.70 bits per heavy atom. The minimum atomic E-state index is -0.568. The molecule has 5 nitrogen and oxygen atoms in total. The van der Waals surface area contributed by atoms with E-state index < -0.39 is 11.8 Å². The lowest BCUT2D eigenvalue weighted by molar-refractivity contribution is 0.0467. The van der Waals surface area contributed by atoms with E-state index in [1.54, 1.807) is 31.5 Å². The molecule has 0 saturated carbocycles. The first-order chi connectivity index (χ1) is 12.9. The van der Waals surface area contributed by atoms with Crippen LogP contribution >= 0.6 is 11.6 Å². The van der Waals surface area contributed by atoms with Gasteiger partial charge in [0.05, 0.1) is 19.0 Å². The Morgan fingerprint density at radius 1 is 1.33 bits per heavy atom. The molecule has 2 aromatic carbocycles. The quantitative estimate of drug-likeness (QED) is 0.387. The highest BCUT2D eigenvalue weighted by atomic mass is 35.5. The summed E-state index contributed by atoms with van der Waals surface area (Å²) < 4.78 is 24.5. The van der Waals surface area contributed by atoms with Crippen LogP contribution in [0.2, 0.25) is 5.02 Å². The predicted octanol–water partition coefficient (Wildman–Crippen LogP) is 4.76. The third kappa shape index (κ3) is 5.20. The van der Waals surface area contributed by atoms with Gasteiger partial charge in [-0.25, -0.2) is 14.2 Å². The van der Waals surface area contributed by atoms with E-state index in [0.717, 1.165) is 6.54 Å². The molecule has 7 heteroatoms. The summed E-state index contributed by atoms with van der Waals surface area (Å²) in [5.41, 5.74) is 1.80. The van der Waals surface area contributed by atoms with E-state index >= 15 is 0 Å². The monoisotopic (exact) mass is 392 g/mol. The number of carbonyl (C=O) groups excluding carboxylic acids is 1. The van der Waals surface area contributed by atoms with Crippen LogP contribution in [0.5, 0.6) is 5.75 Å². The first kappa shape index (κ1) is 20.7. The molecule has 0 aromatic heterocycles. The van der Waals surface area contributed by atoms with Gasteiger partial charge in [-0.2, -0.15) is 0 Å². The molecule has 0 N–H and O–H groups in total. The van der Waals surface area contributed by atoms with Crippen LogP contribution in [-0.2, 0) is 11.3 Å². The Bertz CT molecular complexity index is 855. The lowest BCUT2D eigenvalue weighted by atomic mass is 10.1. The highest BCUT2D eigenvalue weighted by Crippen LogP contribution is 2.33. The molecule has 27 heavy (non-hydrogen) atoms. The van der Waals surface area contributed by atoms with Crippen molar-refractivity contribution in [2.24, 2.45) is 4.99 Å². The van der Waals surface area contributed by atoms with E-state index in [2.05, 4.69) is 4.99 Å². The number of carbonyl (C=O) groups is 1. The minimum absolute atomic E-state index is 0.190. The van der Waals surface area contributed by atoms with E-state index in [9.17, 15) is 9.18 Å². The Balaban J connectivity index is 2.19. The van der Waals surface area contributed by atoms with Gasteiger partial charge >= 0.3 is 5.97 Å². The van der Waals surface area contributed by atoms with Gasteiger partial charge < -0.3 is 14.4 Å². The number of nitrogens with zero attached hydrogens (tertiary/aromatic N) is 2. The molecule has 144 valence electrons. The average molecular weight is 393 g/mol. The smallest absolute Gasteiger partial charge is 0.338 e. The zero-order chi connectivity index (χ0) is 20.0. The summed E-state index contributed by atoms with van der Waals surface area (Å²) in [6, 6.07) is 7.52. The van der Waals surface area contributed by atoms with Gasteiger partial charge in [0, 0.05) is 29.7 Å². The molecule has 0 aliphatic heterocycles. The molecule has 2 rings (SSSR count). The number of hydrogen-bond donors (Lipinski definition) is 0. The lowest BCUT2D eigenvalue weighted by Crippen LogP contribution is -2.14. The fourth-order valence-electron chi connectivity index (χ4n) is 2.36. The molecule has 0 bridgehead atoms. The predicted molar refractivity (Wildman–Crippen MR) is 105 cm³/mol. The molecule has 0 heterocycles. The van der Waals surface area contributed by atoms with Crippen LogP contribution in [0.15, 0.2) is 35.3 Å². The lowest BCUT2D eigenvalue weighted by Gasteiger charge is -2.14. The zero-order valence-electron chi connectivity index (χ0n) is 15.8. The number of hydrogen-bond acceptors (Lipinski definition) is 4. The Hall–Kier alpha value is -2.60. The standard InChI is InChI=1S/C20H22ClFN2O3/c1-5-24(3)12-23-18-9-8-16(13(2)19(18)26-4)20(25)27-11-14-6-7-15(21)10-17(14)22/h6-10,12H,5,11H2,1-4H3/b23-12+. The highest BCUT2D eigenvalue weighted by Gasteiger charge is 2.17. The van der Waals surface area contributed by atoms with Gasteiger partial charge in [0.15, 0.2) is 0 Å². The Labute approximate surface area is 163 Å². The van der Waals surface area contributed by atoms with Crippen molar-refractivity contribution in [3.63, 3.8) is 0 Å². The molecule has 0 fully saturated rings. The zero-order valence-corrected chi connectivity index (χ0v) is 16.5. The van der Waals surface area contributed by atoms with Crippen LogP contribution in [0, 0.1) is 12.7 Å². The summed E-state index contributed by atoms with van der Waals surface area (Å²) in [5.74, 6) is -0.599. The topological polar surface area (TPSA) is 51.1 Å². The van der Waals surface area contributed by atoms with Crippen molar-refractivity contribution in [2.75, 3.05) is 20.7 Å². The highest BCUT2D eigenvalue weighted by molar-refractivity contribution is 6.30. The summed E-state index contributed by atoms with van der Waals surface area (Å²) in [4.78, 5) is 18.7. The van der Waals surface area contributed by atoms with Crippen molar-refractivity contribution in [3.05, 3.63) is 57.9 Å². The van der Waals surface area contributed by atoms with Gasteiger partial charge in [-0.15, -0.1) is 0 Å². The van der Waals surface area contributed by atoms with Crippen LogP contribution in [0.4, 0.5) is 10.1 Å². The molecule has 0 aliphatic carbocycles. The van der Waals surface area contributed by atoms with Gasteiger partial charge in [-0.1, -0.05) is 17.7 Å². The fraction of sp³-hybridized carbons (Fsp3) is 0.300. The molecule has 0 spiro atoms. The molecule has 0 aliphatic rings. The minimum Gasteiger partial charge on any atom is -0.494 e. The van der Waals surface area contributed by atoms with Crippen molar-refractivity contribution in [1.82, 2.24) is 4.90 Å². The van der Waals surface area contributed by atoms with E-state index in [1.165, 1.54) is 19.2 Å². The first-order valence-corrected chi connectivity index (χ1v) is 8.78. The molecular formula is C20H22ClFN2O3. The summed E-state index contributed by atoms with van der Waals surface area (Å²) >= 11 is 5.72. The average Bonchev–Trinajstić information content (AvgIpc) is 2.65. The molecule has 0 unspecified atom stereocenters. The molecule has 0 radical (unpaired) electrons. The third-order valence-electron chi connectivity index (χ3n) is 4.08. The van der Waals surface area contributed by atoms with Gasteiger partial charge in [0.2, 0.25) is 0 Å². The van der Waals surface area contributed by atoms with Crippen molar-refractivity contribution in [3.8, 4) is 5.75 Å². The van der Waals surface area contributed by atoms with E-state index in [-0.39, 0.29) is 17.2 Å². The normalized spacial score (nSPS) is 10.9. The van der Waals surface area contributed by atoms with E-state index in [0.29, 0.717) is 22.6 Å². The third-order valence-corrected chi connectivity index (χ3v) is 4.31. The van der Waals surface area contributed by atoms with Crippen molar-refractivity contribution < 1.29 is 18.7 Å². The number of ether oxygens (including phenoxy) is 2. The van der Waals surface area contributed by atoms with Crippen LogP contribution in [0.1, 0.15) is 28.4 Å². The molecule has 0 saturated heterocycles. The second-order valence-corrected chi connectivity index (χ2v) is 6.36. The summed E-state index contributed by atoms with van der Waals surface area (Å²) in [5, 5.41) is 0.285. The number of esters is 1. The summed E-state index contributed by atoms with van der Waals surface area (Å²) in [6.45, 7) is 4.39. The number of aliphatic imine (C=N–C) groups is 1. The fourth-order valence-corrected chi connectivity index (χ4v) is 2.52. The maximum Gasteiger partial charge on any atom is 0.338 e. The Morgan fingerprint density at radius 2 is 2.07 bits per heavy atom. The molecule has 0 amide bonds. The maximum atomic E-state index is 13.8. The van der Waals surface area contributed by atoms with Crippen LogP contribution in [0.25, 0.3) is 0 Å². The second kappa shape index (κ2) is 9.37. The van der Waals surface area contributed by atoms with Crippen molar-refractivity contribution in [2.45, 2.75) is 20.5 Å². The summed E-state index contributed by atoms with van der Waals surface area (Å²) in [7, 11) is 3.42. The van der Waals surface area contributed by atoms with Crippen molar-refractivity contribution >= 4 is 29.6 Å². The van der Waals surface area contributed by atoms with Crippen LogP contribution in [0.3, 0.4) is 0 Å². The largest absolute Gasteiger partial charge is 0.494 e. The Kier molecular flexibility index (Phi) is 7.19. The molecular weight excluding hydrogens is 371 g/mol. The summed E-state index contributed by atoms with van der Waals surface area (Å²) in [6.07, 6.45) is 1.69. The van der Waals surface area contributed by atoms with E-state index in [1.807, 2.05) is 18.9 Å². The number of halogens is 2. The van der Waals surface area contributed by atoms with Gasteiger partial charge in [0.1, 0.15) is 23.9 Å². The number of methoxy groups -OCH3 is 1. The maximum absolute atomic E-state index is 13.8. The van der Waals surface area contributed by atoms with Gasteiger partial charge in [-0.3, -0.25) is 0 Å². The van der Waals surface area contributed by atoms with Gasteiger partial charge in [-0.05, 0) is 38.1 Å². The van der Waals surface area contributed by atoms with Gasteiger partial charge in [0.25, 0.3) is 0 Å².